The number of nitriles is 1. The number of ether oxygens (including phenoxy) is 1. The number of benzene rings is 1. The first-order valence-electron chi connectivity index (χ1n) is 4.50. The van der Waals surface area contributed by atoms with E-state index in [9.17, 15) is 4.79 Å². The molecule has 0 aliphatic heterocycles. The Bertz CT molecular complexity index is 379. The molecule has 1 N–H and O–H groups in total. The molecule has 0 fully saturated rings. The number of rotatable bonds is 2. The summed E-state index contributed by atoms with van der Waals surface area (Å²) >= 11 is 0. The van der Waals surface area contributed by atoms with E-state index < -0.39 is 11.7 Å². The van der Waals surface area contributed by atoms with Crippen LogP contribution in [0.3, 0.4) is 0 Å². The van der Waals surface area contributed by atoms with Crippen molar-refractivity contribution < 1.29 is 9.53 Å². The van der Waals surface area contributed by atoms with Crippen molar-refractivity contribution in [3.8, 4) is 6.07 Å². The molecule has 0 saturated heterocycles. The summed E-state index contributed by atoms with van der Waals surface area (Å²) in [5.41, 5.74) is -0.477. The van der Waals surface area contributed by atoms with E-state index in [1.165, 1.54) is 13.8 Å². The van der Waals surface area contributed by atoms with Crippen LogP contribution in [0.1, 0.15) is 13.8 Å². The second kappa shape index (κ2) is 4.47. The van der Waals surface area contributed by atoms with Gasteiger partial charge in [0.05, 0.1) is 0 Å². The maximum atomic E-state index is 11.3. The second-order valence-corrected chi connectivity index (χ2v) is 3.50. The Balaban J connectivity index is 2.55. The molecule has 0 aliphatic rings. The Labute approximate surface area is 88.5 Å². The van der Waals surface area contributed by atoms with E-state index in [4.69, 9.17) is 10.00 Å². The maximum absolute atomic E-state index is 11.3. The van der Waals surface area contributed by atoms with Crippen molar-refractivity contribution in [3.63, 3.8) is 0 Å². The van der Waals surface area contributed by atoms with Crippen LogP contribution >= 0.6 is 0 Å². The standard InChI is InChI=1S/C11H12N2O2/c1-11(2,8-12)15-10(14)13-9-6-4-3-5-7-9/h3-7H,1-2H3,(H,13,14). The quantitative estimate of drug-likeness (QED) is 0.805. The summed E-state index contributed by atoms with van der Waals surface area (Å²) in [4.78, 5) is 11.3. The number of carbonyl (C=O) groups excluding carboxylic acids is 1. The minimum atomic E-state index is -1.11. The number of anilines is 1. The van der Waals surface area contributed by atoms with Gasteiger partial charge in [-0.05, 0) is 26.0 Å². The molecule has 0 heterocycles. The summed E-state index contributed by atoms with van der Waals surface area (Å²) < 4.78 is 4.88. The number of hydrogen-bond acceptors (Lipinski definition) is 3. The van der Waals surface area contributed by atoms with Crippen LogP contribution in [0.4, 0.5) is 10.5 Å². The van der Waals surface area contributed by atoms with Crippen molar-refractivity contribution in [2.75, 3.05) is 5.32 Å². The molecule has 4 heteroatoms. The summed E-state index contributed by atoms with van der Waals surface area (Å²) in [6.07, 6.45) is -0.632. The lowest BCUT2D eigenvalue weighted by Gasteiger charge is -2.16. The van der Waals surface area contributed by atoms with Gasteiger partial charge in [-0.2, -0.15) is 5.26 Å². The van der Waals surface area contributed by atoms with Crippen LogP contribution < -0.4 is 5.32 Å². The Morgan fingerprint density at radius 1 is 1.40 bits per heavy atom. The number of nitrogens with one attached hydrogen (secondary N) is 1. The zero-order valence-electron chi connectivity index (χ0n) is 8.65. The highest BCUT2D eigenvalue weighted by Gasteiger charge is 2.21. The SMILES string of the molecule is CC(C)(C#N)OC(=O)Nc1ccccc1. The fourth-order valence-corrected chi connectivity index (χ4v) is 0.919. The van der Waals surface area contributed by atoms with Gasteiger partial charge < -0.3 is 4.74 Å². The second-order valence-electron chi connectivity index (χ2n) is 3.50. The molecule has 1 amide bonds. The van der Waals surface area contributed by atoms with Gasteiger partial charge in [-0.25, -0.2) is 4.79 Å². The van der Waals surface area contributed by atoms with Crippen molar-refractivity contribution in [1.29, 1.82) is 5.26 Å². The molecule has 0 spiro atoms. The third-order valence-corrected chi connectivity index (χ3v) is 1.64. The molecule has 1 aromatic rings. The summed E-state index contributed by atoms with van der Waals surface area (Å²) in [7, 11) is 0. The predicted octanol–water partition coefficient (Wildman–Crippen LogP) is 2.54. The van der Waals surface area contributed by atoms with Gasteiger partial charge in [-0.15, -0.1) is 0 Å². The van der Waals surface area contributed by atoms with Crippen molar-refractivity contribution in [1.82, 2.24) is 0 Å². The molecule has 0 aromatic heterocycles. The fraction of sp³-hybridized carbons (Fsp3) is 0.273. The fourth-order valence-electron chi connectivity index (χ4n) is 0.919. The number of amides is 1. The van der Waals surface area contributed by atoms with Gasteiger partial charge in [0.2, 0.25) is 0 Å². The minimum absolute atomic E-state index is 0.632. The summed E-state index contributed by atoms with van der Waals surface area (Å²) in [5.74, 6) is 0. The zero-order chi connectivity index (χ0) is 11.3. The van der Waals surface area contributed by atoms with Crippen molar-refractivity contribution in [2.45, 2.75) is 19.4 Å². The van der Waals surface area contributed by atoms with Gasteiger partial charge in [-0.1, -0.05) is 18.2 Å². The van der Waals surface area contributed by atoms with Crippen LogP contribution in [-0.4, -0.2) is 11.7 Å². The van der Waals surface area contributed by atoms with Gasteiger partial charge in [0.15, 0.2) is 5.60 Å². The molecular weight excluding hydrogens is 192 g/mol. The molecule has 0 bridgehead atoms. The number of para-hydroxylation sites is 1. The Kier molecular flexibility index (Phi) is 3.29. The molecule has 15 heavy (non-hydrogen) atoms. The molecule has 1 rings (SSSR count). The van der Waals surface area contributed by atoms with Gasteiger partial charge in [0, 0.05) is 5.69 Å². The van der Waals surface area contributed by atoms with Crippen molar-refractivity contribution in [2.24, 2.45) is 0 Å². The lowest BCUT2D eigenvalue weighted by atomic mass is 10.2. The Morgan fingerprint density at radius 2 is 2.00 bits per heavy atom. The molecule has 0 unspecified atom stereocenters. The van der Waals surface area contributed by atoms with Gasteiger partial charge in [0.1, 0.15) is 6.07 Å². The van der Waals surface area contributed by atoms with E-state index in [-0.39, 0.29) is 0 Å². The molecule has 78 valence electrons. The summed E-state index contributed by atoms with van der Waals surface area (Å²) in [6.45, 7) is 3.05. The van der Waals surface area contributed by atoms with Crippen LogP contribution in [0.5, 0.6) is 0 Å². The Morgan fingerprint density at radius 3 is 2.53 bits per heavy atom. The largest absolute Gasteiger partial charge is 0.428 e. The summed E-state index contributed by atoms with van der Waals surface area (Å²) in [5, 5.41) is 11.2. The highest BCUT2D eigenvalue weighted by Crippen LogP contribution is 2.10. The van der Waals surface area contributed by atoms with E-state index in [0.29, 0.717) is 5.69 Å². The first-order chi connectivity index (χ1) is 7.03. The van der Waals surface area contributed by atoms with Gasteiger partial charge in [-0.3, -0.25) is 5.32 Å². The first kappa shape index (κ1) is 11.1. The molecule has 0 saturated carbocycles. The van der Waals surface area contributed by atoms with Gasteiger partial charge in [0.25, 0.3) is 0 Å². The smallest absolute Gasteiger partial charge is 0.413 e. The average Bonchev–Trinajstić information content (AvgIpc) is 2.18. The monoisotopic (exact) mass is 204 g/mol. The maximum Gasteiger partial charge on any atom is 0.413 e. The van der Waals surface area contributed by atoms with Crippen LogP contribution in [-0.2, 0) is 4.74 Å². The highest BCUT2D eigenvalue weighted by atomic mass is 16.6. The lowest BCUT2D eigenvalue weighted by Crippen LogP contribution is -2.28. The molecule has 1 aromatic carbocycles. The molecular formula is C11H12N2O2. The summed E-state index contributed by atoms with van der Waals surface area (Å²) in [6, 6.07) is 10.8. The van der Waals surface area contributed by atoms with Gasteiger partial charge >= 0.3 is 6.09 Å². The van der Waals surface area contributed by atoms with Crippen molar-refractivity contribution >= 4 is 11.8 Å². The highest BCUT2D eigenvalue weighted by molar-refractivity contribution is 5.84. The van der Waals surface area contributed by atoms with Crippen LogP contribution in [0.15, 0.2) is 30.3 Å². The molecule has 0 radical (unpaired) electrons. The van der Waals surface area contributed by atoms with Crippen LogP contribution in [0, 0.1) is 11.3 Å². The Hall–Kier alpha value is -2.02. The zero-order valence-corrected chi connectivity index (χ0v) is 8.65. The third-order valence-electron chi connectivity index (χ3n) is 1.64. The van der Waals surface area contributed by atoms with E-state index >= 15 is 0 Å². The normalized spacial score (nSPS) is 10.2. The van der Waals surface area contributed by atoms with E-state index in [1.807, 2.05) is 12.1 Å². The molecule has 4 nitrogen and oxygen atoms in total. The van der Waals surface area contributed by atoms with E-state index in [0.717, 1.165) is 0 Å². The molecule has 0 aliphatic carbocycles. The third kappa shape index (κ3) is 3.69. The topological polar surface area (TPSA) is 62.1 Å². The first-order valence-corrected chi connectivity index (χ1v) is 4.50. The van der Waals surface area contributed by atoms with Crippen LogP contribution in [0.2, 0.25) is 0 Å². The molecule has 0 atom stereocenters. The predicted molar refractivity (Wildman–Crippen MR) is 56.2 cm³/mol. The van der Waals surface area contributed by atoms with Crippen LogP contribution in [0.25, 0.3) is 0 Å². The number of hydrogen-bond donors (Lipinski definition) is 1. The number of nitrogens with zero attached hydrogens (tertiary/aromatic N) is 1. The van der Waals surface area contributed by atoms with Crippen molar-refractivity contribution in [3.05, 3.63) is 30.3 Å². The van der Waals surface area contributed by atoms with E-state index in [1.54, 1.807) is 24.3 Å². The lowest BCUT2D eigenvalue weighted by molar-refractivity contribution is 0.0890. The average molecular weight is 204 g/mol. The van der Waals surface area contributed by atoms with E-state index in [2.05, 4.69) is 5.32 Å². The number of carbonyl (C=O) groups is 1. The minimum Gasteiger partial charge on any atom is -0.428 e.